The fourth-order valence-electron chi connectivity index (χ4n) is 1.77. The van der Waals surface area contributed by atoms with Crippen LogP contribution in [-0.4, -0.2) is 6.29 Å². The molecule has 2 rings (SSSR count). The standard InChI is InChI=1S/C13H9F3O2/c1-8-10(12-6-5-9(7-17)18-12)3-2-4-11(8)13(14,15)16/h2-7H,1H3. The predicted molar refractivity (Wildman–Crippen MR) is 59.3 cm³/mol. The summed E-state index contributed by atoms with van der Waals surface area (Å²) < 4.78 is 43.3. The number of carbonyl (C=O) groups excluding carboxylic acids is 1. The van der Waals surface area contributed by atoms with Crippen molar-refractivity contribution in [2.75, 3.05) is 0 Å². The summed E-state index contributed by atoms with van der Waals surface area (Å²) in [5, 5.41) is 0. The van der Waals surface area contributed by atoms with Crippen molar-refractivity contribution < 1.29 is 22.4 Å². The molecule has 0 fully saturated rings. The number of hydrogen-bond acceptors (Lipinski definition) is 2. The molecular weight excluding hydrogens is 245 g/mol. The van der Waals surface area contributed by atoms with E-state index >= 15 is 0 Å². The van der Waals surface area contributed by atoms with Crippen LogP contribution in [0.5, 0.6) is 0 Å². The maximum Gasteiger partial charge on any atom is 0.416 e. The van der Waals surface area contributed by atoms with Crippen LogP contribution in [0.25, 0.3) is 11.3 Å². The number of carbonyl (C=O) groups is 1. The van der Waals surface area contributed by atoms with Crippen LogP contribution in [0, 0.1) is 6.92 Å². The zero-order chi connectivity index (χ0) is 13.3. The number of alkyl halides is 3. The molecule has 0 aliphatic carbocycles. The molecule has 1 heterocycles. The second-order valence-corrected chi connectivity index (χ2v) is 3.80. The van der Waals surface area contributed by atoms with Gasteiger partial charge in [0.25, 0.3) is 0 Å². The van der Waals surface area contributed by atoms with Crippen molar-refractivity contribution in [2.45, 2.75) is 13.1 Å². The lowest BCUT2D eigenvalue weighted by atomic mass is 10.0. The summed E-state index contributed by atoms with van der Waals surface area (Å²) in [4.78, 5) is 10.5. The Labute approximate surface area is 101 Å². The van der Waals surface area contributed by atoms with E-state index in [2.05, 4.69) is 0 Å². The van der Waals surface area contributed by atoms with Gasteiger partial charge in [-0.1, -0.05) is 12.1 Å². The van der Waals surface area contributed by atoms with Crippen molar-refractivity contribution in [2.24, 2.45) is 0 Å². The molecule has 0 amide bonds. The van der Waals surface area contributed by atoms with Gasteiger partial charge >= 0.3 is 6.18 Å². The third-order valence-corrected chi connectivity index (χ3v) is 2.65. The first-order valence-electron chi connectivity index (χ1n) is 5.15. The van der Waals surface area contributed by atoms with E-state index in [0.717, 1.165) is 6.07 Å². The quantitative estimate of drug-likeness (QED) is 0.755. The maximum atomic E-state index is 12.7. The Kier molecular flexibility index (Phi) is 2.98. The highest BCUT2D eigenvalue weighted by atomic mass is 19.4. The normalized spacial score (nSPS) is 11.6. The average Bonchev–Trinajstić information content (AvgIpc) is 2.76. The molecule has 0 saturated heterocycles. The number of hydrogen-bond donors (Lipinski definition) is 0. The molecule has 2 nitrogen and oxygen atoms in total. The second kappa shape index (κ2) is 4.33. The lowest BCUT2D eigenvalue weighted by molar-refractivity contribution is -0.138. The second-order valence-electron chi connectivity index (χ2n) is 3.80. The van der Waals surface area contributed by atoms with Crippen LogP contribution in [0.1, 0.15) is 21.7 Å². The van der Waals surface area contributed by atoms with Gasteiger partial charge in [-0.15, -0.1) is 0 Å². The highest BCUT2D eigenvalue weighted by Gasteiger charge is 2.33. The van der Waals surface area contributed by atoms with Gasteiger partial charge in [0, 0.05) is 5.56 Å². The van der Waals surface area contributed by atoms with Crippen molar-refractivity contribution in [1.82, 2.24) is 0 Å². The highest BCUT2D eigenvalue weighted by Crippen LogP contribution is 2.36. The molecule has 94 valence electrons. The number of furan rings is 1. The zero-order valence-corrected chi connectivity index (χ0v) is 9.41. The van der Waals surface area contributed by atoms with Gasteiger partial charge in [-0.2, -0.15) is 13.2 Å². The average molecular weight is 254 g/mol. The molecule has 0 radical (unpaired) electrons. The van der Waals surface area contributed by atoms with Crippen LogP contribution in [0.15, 0.2) is 34.7 Å². The third kappa shape index (κ3) is 2.16. The van der Waals surface area contributed by atoms with Crippen molar-refractivity contribution in [3.63, 3.8) is 0 Å². The van der Waals surface area contributed by atoms with Gasteiger partial charge in [0.1, 0.15) is 5.76 Å². The Bertz CT molecular complexity index is 582. The molecule has 0 aliphatic rings. The van der Waals surface area contributed by atoms with Crippen molar-refractivity contribution in [3.05, 3.63) is 47.2 Å². The van der Waals surface area contributed by atoms with Crippen molar-refractivity contribution >= 4 is 6.29 Å². The monoisotopic (exact) mass is 254 g/mol. The number of rotatable bonds is 2. The molecule has 0 N–H and O–H groups in total. The van der Waals surface area contributed by atoms with Gasteiger partial charge in [0.2, 0.25) is 0 Å². The maximum absolute atomic E-state index is 12.7. The van der Waals surface area contributed by atoms with Gasteiger partial charge in [0.15, 0.2) is 12.0 Å². The van der Waals surface area contributed by atoms with Crippen molar-refractivity contribution in [1.29, 1.82) is 0 Å². The molecule has 0 spiro atoms. The lowest BCUT2D eigenvalue weighted by Gasteiger charge is -2.12. The van der Waals surface area contributed by atoms with Gasteiger partial charge in [-0.25, -0.2) is 0 Å². The fourth-order valence-corrected chi connectivity index (χ4v) is 1.77. The fraction of sp³-hybridized carbons (Fsp3) is 0.154. The molecule has 0 bridgehead atoms. The minimum Gasteiger partial charge on any atom is -0.453 e. The Morgan fingerprint density at radius 2 is 1.89 bits per heavy atom. The zero-order valence-electron chi connectivity index (χ0n) is 9.41. The Morgan fingerprint density at radius 3 is 2.44 bits per heavy atom. The molecular formula is C13H9F3O2. The summed E-state index contributed by atoms with van der Waals surface area (Å²) in [6.07, 6.45) is -3.90. The van der Waals surface area contributed by atoms with Crippen molar-refractivity contribution in [3.8, 4) is 11.3 Å². The van der Waals surface area contributed by atoms with E-state index in [0.29, 0.717) is 11.8 Å². The molecule has 1 aromatic carbocycles. The smallest absolute Gasteiger partial charge is 0.416 e. The number of benzene rings is 1. The summed E-state index contributed by atoms with van der Waals surface area (Å²) in [6, 6.07) is 6.75. The first-order chi connectivity index (χ1) is 8.43. The van der Waals surface area contributed by atoms with E-state index in [1.54, 1.807) is 0 Å². The first-order valence-corrected chi connectivity index (χ1v) is 5.15. The summed E-state index contributed by atoms with van der Waals surface area (Å²) in [5.41, 5.74) is -0.293. The Hall–Kier alpha value is -2.04. The largest absolute Gasteiger partial charge is 0.453 e. The minimum absolute atomic E-state index is 0.0804. The summed E-state index contributed by atoms with van der Waals surface area (Å²) >= 11 is 0. The first kappa shape index (κ1) is 12.4. The Morgan fingerprint density at radius 1 is 1.17 bits per heavy atom. The molecule has 0 aliphatic heterocycles. The molecule has 0 atom stereocenters. The van der Waals surface area contributed by atoms with Crippen LogP contribution >= 0.6 is 0 Å². The molecule has 1 aromatic heterocycles. The van der Waals surface area contributed by atoms with Crippen LogP contribution < -0.4 is 0 Å². The van der Waals surface area contributed by atoms with E-state index < -0.39 is 11.7 Å². The third-order valence-electron chi connectivity index (χ3n) is 2.65. The topological polar surface area (TPSA) is 30.2 Å². The van der Waals surface area contributed by atoms with Gasteiger partial charge in [-0.05, 0) is 30.7 Å². The predicted octanol–water partition coefficient (Wildman–Crippen LogP) is 4.09. The van der Waals surface area contributed by atoms with Crippen LogP contribution in [0.3, 0.4) is 0 Å². The van der Waals surface area contributed by atoms with E-state index in [9.17, 15) is 18.0 Å². The Balaban J connectivity index is 2.55. The van der Waals surface area contributed by atoms with E-state index in [-0.39, 0.29) is 17.1 Å². The van der Waals surface area contributed by atoms with Gasteiger partial charge in [0.05, 0.1) is 5.56 Å². The van der Waals surface area contributed by atoms with Gasteiger partial charge < -0.3 is 4.42 Å². The van der Waals surface area contributed by atoms with Crippen LogP contribution in [-0.2, 0) is 6.18 Å². The summed E-state index contributed by atoms with van der Waals surface area (Å²) in [6.45, 7) is 1.38. The number of aldehydes is 1. The molecule has 2 aromatic rings. The molecule has 5 heteroatoms. The minimum atomic E-state index is -4.40. The van der Waals surface area contributed by atoms with E-state index in [4.69, 9.17) is 4.42 Å². The van der Waals surface area contributed by atoms with E-state index in [1.807, 2.05) is 0 Å². The molecule has 0 unspecified atom stereocenters. The van der Waals surface area contributed by atoms with Gasteiger partial charge in [-0.3, -0.25) is 4.79 Å². The molecule has 0 saturated carbocycles. The SMILES string of the molecule is Cc1c(-c2ccc(C=O)o2)cccc1C(F)(F)F. The lowest BCUT2D eigenvalue weighted by Crippen LogP contribution is -2.07. The summed E-state index contributed by atoms with van der Waals surface area (Å²) in [7, 11) is 0. The van der Waals surface area contributed by atoms with Crippen LogP contribution in [0.2, 0.25) is 0 Å². The van der Waals surface area contributed by atoms with E-state index in [1.165, 1.54) is 31.2 Å². The highest BCUT2D eigenvalue weighted by molar-refractivity contribution is 5.73. The molecule has 18 heavy (non-hydrogen) atoms. The summed E-state index contributed by atoms with van der Waals surface area (Å²) in [5.74, 6) is 0.336. The van der Waals surface area contributed by atoms with Crippen LogP contribution in [0.4, 0.5) is 13.2 Å². The number of halogens is 3.